The molecule has 4 heteroatoms. The summed E-state index contributed by atoms with van der Waals surface area (Å²) in [6.07, 6.45) is 2.72. The molecule has 0 aliphatic carbocycles. The molecule has 19 heavy (non-hydrogen) atoms. The molecule has 0 saturated carbocycles. The van der Waals surface area contributed by atoms with Crippen LogP contribution in [0.3, 0.4) is 0 Å². The van der Waals surface area contributed by atoms with Crippen molar-refractivity contribution in [3.63, 3.8) is 0 Å². The van der Waals surface area contributed by atoms with E-state index in [0.717, 1.165) is 18.7 Å². The number of nitrogens with one attached hydrogen (secondary N) is 1. The van der Waals surface area contributed by atoms with E-state index in [1.165, 1.54) is 0 Å². The molecule has 1 atom stereocenters. The van der Waals surface area contributed by atoms with Crippen LogP contribution in [0.4, 0.5) is 0 Å². The van der Waals surface area contributed by atoms with Crippen molar-refractivity contribution in [2.75, 3.05) is 20.1 Å². The topological polar surface area (TPSA) is 52.0 Å². The number of nitrogens with zero attached hydrogens (tertiary/aromatic N) is 3. The first kappa shape index (κ1) is 15.6. The predicted octanol–water partition coefficient (Wildman–Crippen LogP) is 1.84. The molecular weight excluding hydrogens is 236 g/mol. The molecule has 0 aliphatic rings. The fourth-order valence-corrected chi connectivity index (χ4v) is 2.22. The van der Waals surface area contributed by atoms with Gasteiger partial charge in [-0.2, -0.15) is 5.26 Å². The minimum atomic E-state index is -0.507. The van der Waals surface area contributed by atoms with Crippen LogP contribution < -0.4 is 5.32 Å². The maximum absolute atomic E-state index is 9.32. The molecule has 1 rings (SSSR count). The normalized spacial score (nSPS) is 14.4. The van der Waals surface area contributed by atoms with Gasteiger partial charge in [0.15, 0.2) is 0 Å². The summed E-state index contributed by atoms with van der Waals surface area (Å²) in [5.74, 6) is 0. The Hall–Kier alpha value is -1.44. The Bertz CT molecular complexity index is 410. The van der Waals surface area contributed by atoms with Gasteiger partial charge >= 0.3 is 0 Å². The highest BCUT2D eigenvalue weighted by molar-refractivity contribution is 5.07. The molecule has 0 saturated heterocycles. The van der Waals surface area contributed by atoms with Crippen molar-refractivity contribution in [3.05, 3.63) is 30.1 Å². The van der Waals surface area contributed by atoms with Crippen LogP contribution in [-0.2, 0) is 6.42 Å². The van der Waals surface area contributed by atoms with Gasteiger partial charge in [0.05, 0.1) is 6.07 Å². The Morgan fingerprint density at radius 2 is 2.21 bits per heavy atom. The van der Waals surface area contributed by atoms with Crippen molar-refractivity contribution >= 4 is 0 Å². The zero-order valence-electron chi connectivity index (χ0n) is 12.3. The Morgan fingerprint density at radius 1 is 1.47 bits per heavy atom. The first-order valence-electron chi connectivity index (χ1n) is 6.72. The van der Waals surface area contributed by atoms with E-state index in [9.17, 15) is 5.26 Å². The molecule has 1 N–H and O–H groups in total. The van der Waals surface area contributed by atoms with E-state index < -0.39 is 5.54 Å². The molecule has 4 nitrogen and oxygen atoms in total. The highest BCUT2D eigenvalue weighted by Gasteiger charge is 2.25. The molecule has 0 spiro atoms. The van der Waals surface area contributed by atoms with Gasteiger partial charge in [0.2, 0.25) is 0 Å². The summed E-state index contributed by atoms with van der Waals surface area (Å²) >= 11 is 0. The summed E-state index contributed by atoms with van der Waals surface area (Å²) < 4.78 is 0. The summed E-state index contributed by atoms with van der Waals surface area (Å²) in [5.41, 5.74) is 0.581. The second-order valence-electron chi connectivity index (χ2n) is 5.55. The first-order valence-corrected chi connectivity index (χ1v) is 6.72. The fraction of sp³-hybridized carbons (Fsp3) is 0.600. The number of rotatable bonds is 7. The number of hydrogen-bond donors (Lipinski definition) is 1. The van der Waals surface area contributed by atoms with Crippen molar-refractivity contribution in [1.29, 1.82) is 5.26 Å². The predicted molar refractivity (Wildman–Crippen MR) is 77.7 cm³/mol. The number of aromatic nitrogens is 1. The molecule has 0 radical (unpaired) electrons. The highest BCUT2D eigenvalue weighted by Crippen LogP contribution is 2.07. The van der Waals surface area contributed by atoms with Crippen LogP contribution in [0, 0.1) is 11.3 Å². The van der Waals surface area contributed by atoms with Gasteiger partial charge in [0.25, 0.3) is 0 Å². The van der Waals surface area contributed by atoms with Gasteiger partial charge in [-0.3, -0.25) is 10.3 Å². The van der Waals surface area contributed by atoms with Crippen LogP contribution in [0.15, 0.2) is 24.4 Å². The lowest BCUT2D eigenvalue weighted by Crippen LogP contribution is -2.52. The molecule has 1 aromatic heterocycles. The number of hydrogen-bond acceptors (Lipinski definition) is 4. The summed E-state index contributed by atoms with van der Waals surface area (Å²) in [5, 5.41) is 12.6. The Morgan fingerprint density at radius 3 is 2.74 bits per heavy atom. The molecule has 0 amide bonds. The molecule has 1 heterocycles. The van der Waals surface area contributed by atoms with E-state index in [4.69, 9.17) is 0 Å². The quantitative estimate of drug-likeness (QED) is 0.812. The molecule has 104 valence electrons. The second-order valence-corrected chi connectivity index (χ2v) is 5.55. The molecule has 0 aliphatic heterocycles. The largest absolute Gasteiger partial charge is 0.303 e. The maximum Gasteiger partial charge on any atom is 0.116 e. The standard InChI is InChI=1S/C15H24N4/c1-13(2)18-15(3,11-16)12-19(4)10-8-14-7-5-6-9-17-14/h5-7,9,13,18H,8,10,12H2,1-4H3. The average molecular weight is 260 g/mol. The third-order valence-corrected chi connectivity index (χ3v) is 2.92. The van der Waals surface area contributed by atoms with Crippen molar-refractivity contribution in [2.24, 2.45) is 0 Å². The number of pyridine rings is 1. The molecule has 0 aromatic carbocycles. The van der Waals surface area contributed by atoms with E-state index in [1.807, 2.05) is 38.4 Å². The van der Waals surface area contributed by atoms with Crippen molar-refractivity contribution in [2.45, 2.75) is 38.8 Å². The molecule has 1 aromatic rings. The first-order chi connectivity index (χ1) is 8.95. The second kappa shape index (κ2) is 7.22. The summed E-state index contributed by atoms with van der Waals surface area (Å²) in [6, 6.07) is 8.63. The van der Waals surface area contributed by atoms with Crippen LogP contribution in [0.2, 0.25) is 0 Å². The average Bonchev–Trinajstić information content (AvgIpc) is 2.36. The highest BCUT2D eigenvalue weighted by atomic mass is 15.1. The van der Waals surface area contributed by atoms with Gasteiger partial charge in [0, 0.05) is 37.4 Å². The molecule has 0 bridgehead atoms. The van der Waals surface area contributed by atoms with Crippen LogP contribution in [0.5, 0.6) is 0 Å². The van der Waals surface area contributed by atoms with Crippen LogP contribution in [0.1, 0.15) is 26.5 Å². The van der Waals surface area contributed by atoms with Crippen LogP contribution >= 0.6 is 0 Å². The van der Waals surface area contributed by atoms with E-state index in [1.54, 1.807) is 0 Å². The summed E-state index contributed by atoms with van der Waals surface area (Å²) in [6.45, 7) is 7.67. The third kappa shape index (κ3) is 5.82. The van der Waals surface area contributed by atoms with Crippen molar-refractivity contribution in [1.82, 2.24) is 15.2 Å². The Labute approximate surface area is 116 Å². The lowest BCUT2D eigenvalue weighted by atomic mass is 10.0. The van der Waals surface area contributed by atoms with Crippen molar-refractivity contribution in [3.8, 4) is 6.07 Å². The van der Waals surface area contributed by atoms with E-state index in [2.05, 4.69) is 35.1 Å². The van der Waals surface area contributed by atoms with Crippen LogP contribution in [-0.4, -0.2) is 41.6 Å². The zero-order valence-corrected chi connectivity index (χ0v) is 12.3. The number of likely N-dealkylation sites (N-methyl/N-ethyl adjacent to an activating group) is 1. The zero-order chi connectivity index (χ0) is 14.3. The summed E-state index contributed by atoms with van der Waals surface area (Å²) in [7, 11) is 2.04. The Balaban J connectivity index is 2.46. The fourth-order valence-electron chi connectivity index (χ4n) is 2.22. The lowest BCUT2D eigenvalue weighted by molar-refractivity contribution is 0.252. The van der Waals surface area contributed by atoms with Gasteiger partial charge in [-0.25, -0.2) is 0 Å². The van der Waals surface area contributed by atoms with Crippen LogP contribution in [0.25, 0.3) is 0 Å². The molecular formula is C15H24N4. The van der Waals surface area contributed by atoms with Gasteiger partial charge in [-0.15, -0.1) is 0 Å². The SMILES string of the molecule is CC(C)NC(C)(C#N)CN(C)CCc1ccccn1. The number of nitriles is 1. The maximum atomic E-state index is 9.32. The minimum Gasteiger partial charge on any atom is -0.303 e. The van der Waals surface area contributed by atoms with Gasteiger partial charge < -0.3 is 4.90 Å². The van der Waals surface area contributed by atoms with Gasteiger partial charge in [-0.05, 0) is 40.0 Å². The molecule has 0 fully saturated rings. The lowest BCUT2D eigenvalue weighted by Gasteiger charge is -2.30. The van der Waals surface area contributed by atoms with Gasteiger partial charge in [0.1, 0.15) is 5.54 Å². The third-order valence-electron chi connectivity index (χ3n) is 2.92. The minimum absolute atomic E-state index is 0.300. The summed E-state index contributed by atoms with van der Waals surface area (Å²) in [4.78, 5) is 6.48. The van der Waals surface area contributed by atoms with Gasteiger partial charge in [-0.1, -0.05) is 6.07 Å². The smallest absolute Gasteiger partial charge is 0.116 e. The van der Waals surface area contributed by atoms with E-state index >= 15 is 0 Å². The monoisotopic (exact) mass is 260 g/mol. The van der Waals surface area contributed by atoms with E-state index in [-0.39, 0.29) is 0 Å². The van der Waals surface area contributed by atoms with E-state index in [0.29, 0.717) is 12.6 Å². The Kier molecular flexibility index (Phi) is 5.94. The molecule has 1 unspecified atom stereocenters. The van der Waals surface area contributed by atoms with Crippen molar-refractivity contribution < 1.29 is 0 Å².